The van der Waals surface area contributed by atoms with Crippen LogP contribution in [0.25, 0.3) is 0 Å². The molecule has 2 atom stereocenters. The Bertz CT molecular complexity index is 503. The van der Waals surface area contributed by atoms with Gasteiger partial charge in [-0.05, 0) is 37.4 Å². The molecule has 0 aliphatic carbocycles. The lowest BCUT2D eigenvalue weighted by Gasteiger charge is -2.33. The molecule has 21 heavy (non-hydrogen) atoms. The molecular weight excluding hydrogens is 262 g/mol. The fourth-order valence-electron chi connectivity index (χ4n) is 3.69. The standard InChI is InChI=1S/C17H25N3O/c1-18-17(21)12-13-6-2-3-7-14(13)19-15-9-11-20-10-5-4-8-16(15)20/h2-3,6-7,15-16,19H,4-5,8-12H2,1H3,(H,18,21). The van der Waals surface area contributed by atoms with Gasteiger partial charge < -0.3 is 10.6 Å². The summed E-state index contributed by atoms with van der Waals surface area (Å²) in [7, 11) is 1.69. The van der Waals surface area contributed by atoms with Crippen LogP contribution in [-0.2, 0) is 11.2 Å². The van der Waals surface area contributed by atoms with Gasteiger partial charge >= 0.3 is 0 Å². The number of benzene rings is 1. The van der Waals surface area contributed by atoms with E-state index >= 15 is 0 Å². The van der Waals surface area contributed by atoms with Crippen molar-refractivity contribution in [3.05, 3.63) is 29.8 Å². The third-order valence-electron chi connectivity index (χ3n) is 4.84. The molecule has 1 aromatic carbocycles. The summed E-state index contributed by atoms with van der Waals surface area (Å²) in [5.74, 6) is 0.0648. The molecule has 114 valence electrons. The van der Waals surface area contributed by atoms with Crippen molar-refractivity contribution in [3.8, 4) is 0 Å². The van der Waals surface area contributed by atoms with Gasteiger partial charge in [-0.1, -0.05) is 24.6 Å². The van der Waals surface area contributed by atoms with Crippen molar-refractivity contribution >= 4 is 11.6 Å². The number of hydrogen-bond acceptors (Lipinski definition) is 3. The van der Waals surface area contributed by atoms with E-state index in [9.17, 15) is 4.79 Å². The first-order valence-electron chi connectivity index (χ1n) is 8.07. The van der Waals surface area contributed by atoms with Crippen LogP contribution in [0.1, 0.15) is 31.2 Å². The van der Waals surface area contributed by atoms with Crippen LogP contribution in [0.5, 0.6) is 0 Å². The van der Waals surface area contributed by atoms with E-state index in [1.54, 1.807) is 7.05 Å². The molecule has 2 saturated heterocycles. The lowest BCUT2D eigenvalue weighted by atomic mass is 9.98. The van der Waals surface area contributed by atoms with Gasteiger partial charge in [0.15, 0.2) is 0 Å². The normalized spacial score (nSPS) is 25.4. The third-order valence-corrected chi connectivity index (χ3v) is 4.84. The Morgan fingerprint density at radius 2 is 2.10 bits per heavy atom. The van der Waals surface area contributed by atoms with Crippen molar-refractivity contribution < 1.29 is 4.79 Å². The van der Waals surface area contributed by atoms with Crippen LogP contribution < -0.4 is 10.6 Å². The maximum Gasteiger partial charge on any atom is 0.224 e. The molecule has 2 N–H and O–H groups in total. The van der Waals surface area contributed by atoms with Gasteiger partial charge in [0.05, 0.1) is 6.42 Å². The van der Waals surface area contributed by atoms with Crippen LogP contribution in [0.3, 0.4) is 0 Å². The molecule has 0 spiro atoms. The number of hydrogen-bond donors (Lipinski definition) is 2. The number of para-hydroxylation sites is 1. The molecule has 0 saturated carbocycles. The van der Waals surface area contributed by atoms with Gasteiger partial charge in [0, 0.05) is 31.4 Å². The molecule has 4 nitrogen and oxygen atoms in total. The van der Waals surface area contributed by atoms with E-state index in [0.717, 1.165) is 11.3 Å². The highest BCUT2D eigenvalue weighted by Gasteiger charge is 2.35. The minimum absolute atomic E-state index is 0.0648. The number of nitrogens with one attached hydrogen (secondary N) is 2. The molecule has 1 amide bonds. The second-order valence-electron chi connectivity index (χ2n) is 6.15. The van der Waals surface area contributed by atoms with Crippen molar-refractivity contribution in [2.45, 2.75) is 44.2 Å². The van der Waals surface area contributed by atoms with E-state index in [1.165, 1.54) is 38.8 Å². The molecule has 2 fully saturated rings. The van der Waals surface area contributed by atoms with Crippen LogP contribution in [0.4, 0.5) is 5.69 Å². The maximum absolute atomic E-state index is 11.7. The number of piperidine rings is 1. The first kappa shape index (κ1) is 14.4. The van der Waals surface area contributed by atoms with Gasteiger partial charge in [0.25, 0.3) is 0 Å². The number of carbonyl (C=O) groups excluding carboxylic acids is 1. The van der Waals surface area contributed by atoms with E-state index in [1.807, 2.05) is 18.2 Å². The second-order valence-corrected chi connectivity index (χ2v) is 6.15. The van der Waals surface area contributed by atoms with Crippen LogP contribution in [0, 0.1) is 0 Å². The molecule has 2 aliphatic rings. The van der Waals surface area contributed by atoms with E-state index in [4.69, 9.17) is 0 Å². The predicted octanol–water partition coefficient (Wildman–Crippen LogP) is 2.01. The minimum atomic E-state index is 0.0648. The van der Waals surface area contributed by atoms with Gasteiger partial charge in [-0.15, -0.1) is 0 Å². The molecule has 2 heterocycles. The first-order valence-corrected chi connectivity index (χ1v) is 8.07. The average molecular weight is 287 g/mol. The Hall–Kier alpha value is -1.55. The molecule has 0 bridgehead atoms. The zero-order chi connectivity index (χ0) is 14.7. The zero-order valence-electron chi connectivity index (χ0n) is 12.8. The Kier molecular flexibility index (Phi) is 4.44. The Labute approximate surface area is 126 Å². The summed E-state index contributed by atoms with van der Waals surface area (Å²) in [6.45, 7) is 2.46. The topological polar surface area (TPSA) is 44.4 Å². The molecule has 0 radical (unpaired) electrons. The first-order chi connectivity index (χ1) is 10.3. The highest BCUT2D eigenvalue weighted by Crippen LogP contribution is 2.30. The Balaban J connectivity index is 1.71. The molecule has 0 aromatic heterocycles. The lowest BCUT2D eigenvalue weighted by Crippen LogP contribution is -2.41. The number of amides is 1. The summed E-state index contributed by atoms with van der Waals surface area (Å²) < 4.78 is 0. The number of nitrogens with zero attached hydrogens (tertiary/aromatic N) is 1. The highest BCUT2D eigenvalue weighted by molar-refractivity contribution is 5.80. The van der Waals surface area contributed by atoms with Crippen molar-refractivity contribution in [1.29, 1.82) is 0 Å². The fourth-order valence-corrected chi connectivity index (χ4v) is 3.69. The monoisotopic (exact) mass is 287 g/mol. The summed E-state index contributed by atoms with van der Waals surface area (Å²) in [5, 5.41) is 6.42. The minimum Gasteiger partial charge on any atom is -0.380 e. The number of fused-ring (bicyclic) bond motifs is 1. The summed E-state index contributed by atoms with van der Waals surface area (Å²) >= 11 is 0. The van der Waals surface area contributed by atoms with Crippen LogP contribution >= 0.6 is 0 Å². The lowest BCUT2D eigenvalue weighted by molar-refractivity contribution is -0.119. The van der Waals surface area contributed by atoms with Gasteiger partial charge in [-0.3, -0.25) is 9.69 Å². The van der Waals surface area contributed by atoms with Crippen LogP contribution in [0.15, 0.2) is 24.3 Å². The Morgan fingerprint density at radius 1 is 1.24 bits per heavy atom. The quantitative estimate of drug-likeness (QED) is 0.890. The SMILES string of the molecule is CNC(=O)Cc1ccccc1NC1CCN2CCCCC12. The fraction of sp³-hybridized carbons (Fsp3) is 0.588. The van der Waals surface area contributed by atoms with Crippen molar-refractivity contribution in [3.63, 3.8) is 0 Å². The highest BCUT2D eigenvalue weighted by atomic mass is 16.1. The van der Waals surface area contributed by atoms with Crippen LogP contribution in [-0.4, -0.2) is 43.0 Å². The number of anilines is 1. The van der Waals surface area contributed by atoms with E-state index < -0.39 is 0 Å². The smallest absolute Gasteiger partial charge is 0.224 e. The van der Waals surface area contributed by atoms with Crippen molar-refractivity contribution in [2.75, 3.05) is 25.5 Å². The number of rotatable bonds is 4. The van der Waals surface area contributed by atoms with E-state index in [2.05, 4.69) is 21.6 Å². The predicted molar refractivity (Wildman–Crippen MR) is 85.5 cm³/mol. The van der Waals surface area contributed by atoms with Crippen molar-refractivity contribution in [1.82, 2.24) is 10.2 Å². The van der Waals surface area contributed by atoms with E-state index in [0.29, 0.717) is 18.5 Å². The summed E-state index contributed by atoms with van der Waals surface area (Å²) in [4.78, 5) is 14.3. The largest absolute Gasteiger partial charge is 0.380 e. The molecule has 2 aliphatic heterocycles. The maximum atomic E-state index is 11.7. The molecule has 1 aromatic rings. The molecule has 2 unspecified atom stereocenters. The molecule has 3 rings (SSSR count). The summed E-state index contributed by atoms with van der Waals surface area (Å²) in [6.07, 6.45) is 5.64. The van der Waals surface area contributed by atoms with E-state index in [-0.39, 0.29) is 5.91 Å². The van der Waals surface area contributed by atoms with Crippen LogP contribution in [0.2, 0.25) is 0 Å². The average Bonchev–Trinajstić information content (AvgIpc) is 2.92. The zero-order valence-corrected chi connectivity index (χ0v) is 12.8. The van der Waals surface area contributed by atoms with Crippen molar-refractivity contribution in [2.24, 2.45) is 0 Å². The third kappa shape index (κ3) is 3.21. The summed E-state index contributed by atoms with van der Waals surface area (Å²) in [5.41, 5.74) is 2.21. The molecular formula is C17H25N3O. The molecule has 4 heteroatoms. The second kappa shape index (κ2) is 6.48. The van der Waals surface area contributed by atoms with Gasteiger partial charge in [-0.2, -0.15) is 0 Å². The Morgan fingerprint density at radius 3 is 2.95 bits per heavy atom. The number of likely N-dealkylation sites (N-methyl/N-ethyl adjacent to an activating group) is 1. The number of carbonyl (C=O) groups is 1. The summed E-state index contributed by atoms with van der Waals surface area (Å²) in [6, 6.07) is 9.39. The van der Waals surface area contributed by atoms with Gasteiger partial charge in [0.1, 0.15) is 0 Å². The van der Waals surface area contributed by atoms with Gasteiger partial charge in [0.2, 0.25) is 5.91 Å². The van der Waals surface area contributed by atoms with Gasteiger partial charge in [-0.25, -0.2) is 0 Å².